The summed E-state index contributed by atoms with van der Waals surface area (Å²) in [4.78, 5) is 23.9. The Hall–Kier alpha value is -2.54. The molecule has 2 aromatic rings. The first kappa shape index (κ1) is 19.8. The van der Waals surface area contributed by atoms with Crippen molar-refractivity contribution in [2.24, 2.45) is 0 Å². The van der Waals surface area contributed by atoms with Gasteiger partial charge in [-0.1, -0.05) is 41.9 Å². The first-order chi connectivity index (χ1) is 12.2. The van der Waals surface area contributed by atoms with Crippen molar-refractivity contribution < 1.29 is 27.5 Å². The Morgan fingerprint density at radius 3 is 2.42 bits per heavy atom. The molecule has 0 bridgehead atoms. The summed E-state index contributed by atoms with van der Waals surface area (Å²) in [6, 6.07) is 11.3. The zero-order valence-corrected chi connectivity index (χ0v) is 14.4. The molecule has 2 aromatic carbocycles. The molecule has 0 aliphatic rings. The maximum Gasteiger partial charge on any atom is 0.416 e. The minimum atomic E-state index is -4.57. The molecule has 0 aromatic heterocycles. The Morgan fingerprint density at radius 1 is 1.15 bits per heavy atom. The van der Waals surface area contributed by atoms with Crippen LogP contribution in [0.2, 0.25) is 5.02 Å². The van der Waals surface area contributed by atoms with Crippen LogP contribution in [0, 0.1) is 0 Å². The van der Waals surface area contributed by atoms with E-state index in [4.69, 9.17) is 16.3 Å². The highest BCUT2D eigenvalue weighted by molar-refractivity contribution is 6.33. The zero-order chi connectivity index (χ0) is 19.3. The molecule has 26 heavy (non-hydrogen) atoms. The van der Waals surface area contributed by atoms with E-state index in [-0.39, 0.29) is 17.1 Å². The van der Waals surface area contributed by atoms with Crippen molar-refractivity contribution in [3.05, 3.63) is 64.7 Å². The summed E-state index contributed by atoms with van der Waals surface area (Å²) in [6.45, 7) is 1.32. The van der Waals surface area contributed by atoms with Crippen LogP contribution in [-0.4, -0.2) is 18.0 Å². The van der Waals surface area contributed by atoms with E-state index in [0.29, 0.717) is 5.56 Å². The Labute approximate surface area is 152 Å². The maximum atomic E-state index is 12.7. The summed E-state index contributed by atoms with van der Waals surface area (Å²) >= 11 is 5.82. The van der Waals surface area contributed by atoms with Crippen LogP contribution in [0.15, 0.2) is 48.5 Å². The van der Waals surface area contributed by atoms with Crippen molar-refractivity contribution in [2.45, 2.75) is 25.6 Å². The van der Waals surface area contributed by atoms with Crippen LogP contribution < -0.4 is 5.32 Å². The first-order valence-electron chi connectivity index (χ1n) is 7.58. The minimum Gasteiger partial charge on any atom is -0.452 e. The number of anilines is 1. The van der Waals surface area contributed by atoms with E-state index in [1.165, 1.54) is 6.92 Å². The van der Waals surface area contributed by atoms with Gasteiger partial charge in [-0.15, -0.1) is 0 Å². The molecular formula is C18H15ClF3NO3. The third kappa shape index (κ3) is 5.49. The molecule has 4 nitrogen and oxygen atoms in total. The summed E-state index contributed by atoms with van der Waals surface area (Å²) in [5.74, 6) is -1.42. The molecule has 1 atom stereocenters. The summed E-state index contributed by atoms with van der Waals surface area (Å²) < 4.78 is 43.3. The second-order valence-electron chi connectivity index (χ2n) is 5.48. The van der Waals surface area contributed by atoms with Gasteiger partial charge in [0.15, 0.2) is 6.10 Å². The molecule has 0 saturated heterocycles. The van der Waals surface area contributed by atoms with E-state index in [1.54, 1.807) is 30.3 Å². The van der Waals surface area contributed by atoms with E-state index in [0.717, 1.165) is 18.2 Å². The minimum absolute atomic E-state index is 0.0250. The van der Waals surface area contributed by atoms with Gasteiger partial charge in [0.1, 0.15) is 0 Å². The quantitative estimate of drug-likeness (QED) is 0.772. The molecule has 1 N–H and O–H groups in total. The second-order valence-corrected chi connectivity index (χ2v) is 5.88. The summed E-state index contributed by atoms with van der Waals surface area (Å²) in [5.41, 5.74) is -0.450. The maximum absolute atomic E-state index is 12.7. The number of carbonyl (C=O) groups is 2. The number of hydrogen-bond donors (Lipinski definition) is 1. The predicted octanol–water partition coefficient (Wildman–Crippen LogP) is 4.47. The molecule has 0 fully saturated rings. The van der Waals surface area contributed by atoms with Crippen molar-refractivity contribution in [3.8, 4) is 0 Å². The average Bonchev–Trinajstić information content (AvgIpc) is 2.56. The molecule has 0 aliphatic heterocycles. The number of halogens is 4. The largest absolute Gasteiger partial charge is 0.452 e. The Bertz CT molecular complexity index is 794. The topological polar surface area (TPSA) is 55.4 Å². The average molecular weight is 386 g/mol. The second kappa shape index (κ2) is 8.23. The van der Waals surface area contributed by atoms with Crippen LogP contribution in [0.5, 0.6) is 0 Å². The molecule has 0 heterocycles. The smallest absolute Gasteiger partial charge is 0.416 e. The van der Waals surface area contributed by atoms with Crippen LogP contribution in [0.25, 0.3) is 0 Å². The highest BCUT2D eigenvalue weighted by atomic mass is 35.5. The molecule has 0 radical (unpaired) electrons. The molecule has 0 aliphatic carbocycles. The van der Waals surface area contributed by atoms with Crippen LogP contribution in [0.4, 0.5) is 18.9 Å². The van der Waals surface area contributed by atoms with Gasteiger partial charge in [0.25, 0.3) is 5.91 Å². The normalized spacial score (nSPS) is 12.3. The van der Waals surface area contributed by atoms with Crippen molar-refractivity contribution in [2.75, 3.05) is 5.32 Å². The van der Waals surface area contributed by atoms with Gasteiger partial charge in [-0.2, -0.15) is 13.2 Å². The van der Waals surface area contributed by atoms with Crippen LogP contribution >= 0.6 is 11.6 Å². The Kier molecular flexibility index (Phi) is 6.26. The lowest BCUT2D eigenvalue weighted by Crippen LogP contribution is -2.30. The van der Waals surface area contributed by atoms with Gasteiger partial charge in [-0.3, -0.25) is 9.59 Å². The van der Waals surface area contributed by atoms with Crippen molar-refractivity contribution in [3.63, 3.8) is 0 Å². The lowest BCUT2D eigenvalue weighted by atomic mass is 10.1. The molecule has 0 unspecified atom stereocenters. The fourth-order valence-electron chi connectivity index (χ4n) is 2.09. The number of ether oxygens (including phenoxy) is 1. The molecule has 8 heteroatoms. The lowest BCUT2D eigenvalue weighted by Gasteiger charge is -2.15. The van der Waals surface area contributed by atoms with Crippen molar-refractivity contribution in [1.29, 1.82) is 0 Å². The van der Waals surface area contributed by atoms with E-state index in [1.807, 2.05) is 0 Å². The number of rotatable bonds is 5. The number of benzene rings is 2. The highest BCUT2D eigenvalue weighted by Crippen LogP contribution is 2.33. The van der Waals surface area contributed by atoms with Gasteiger partial charge >= 0.3 is 12.1 Å². The highest BCUT2D eigenvalue weighted by Gasteiger charge is 2.31. The Morgan fingerprint density at radius 2 is 1.81 bits per heavy atom. The fraction of sp³-hybridized carbons (Fsp3) is 0.222. The number of nitrogens with one attached hydrogen (secondary N) is 1. The van der Waals surface area contributed by atoms with Gasteiger partial charge < -0.3 is 10.1 Å². The van der Waals surface area contributed by atoms with Crippen molar-refractivity contribution in [1.82, 2.24) is 0 Å². The summed E-state index contributed by atoms with van der Waals surface area (Å²) in [7, 11) is 0. The van der Waals surface area contributed by atoms with E-state index >= 15 is 0 Å². The van der Waals surface area contributed by atoms with Crippen LogP contribution in [-0.2, 0) is 26.9 Å². The fourth-order valence-corrected chi connectivity index (χ4v) is 2.25. The van der Waals surface area contributed by atoms with Gasteiger partial charge in [-0.25, -0.2) is 0 Å². The third-order valence-electron chi connectivity index (χ3n) is 3.42. The predicted molar refractivity (Wildman–Crippen MR) is 90.8 cm³/mol. The standard InChI is InChI=1S/C18H15ClF3NO3/c1-11(26-16(24)9-12-5-3-2-4-6-12)17(25)23-15-10-13(18(20,21)22)7-8-14(15)19/h2-8,10-11H,9H2,1H3,(H,23,25)/t11-/m0/s1. The van der Waals surface area contributed by atoms with Crippen LogP contribution in [0.3, 0.4) is 0 Å². The summed E-state index contributed by atoms with van der Waals surface area (Å²) in [5, 5.41) is 2.18. The van der Waals surface area contributed by atoms with Gasteiger partial charge in [-0.05, 0) is 30.7 Å². The van der Waals surface area contributed by atoms with Gasteiger partial charge in [0.05, 0.1) is 22.7 Å². The van der Waals surface area contributed by atoms with E-state index < -0.39 is 29.7 Å². The molecule has 2 rings (SSSR count). The molecule has 1 amide bonds. The molecule has 138 valence electrons. The molecular weight excluding hydrogens is 371 g/mol. The number of hydrogen-bond acceptors (Lipinski definition) is 3. The summed E-state index contributed by atoms with van der Waals surface area (Å²) in [6.07, 6.45) is -5.79. The number of carbonyl (C=O) groups excluding carboxylic acids is 2. The molecule has 0 spiro atoms. The number of esters is 1. The van der Waals surface area contributed by atoms with E-state index in [9.17, 15) is 22.8 Å². The van der Waals surface area contributed by atoms with Crippen LogP contribution in [0.1, 0.15) is 18.1 Å². The number of alkyl halides is 3. The first-order valence-corrected chi connectivity index (χ1v) is 7.95. The monoisotopic (exact) mass is 385 g/mol. The van der Waals surface area contributed by atoms with Crippen molar-refractivity contribution >= 4 is 29.2 Å². The van der Waals surface area contributed by atoms with E-state index in [2.05, 4.69) is 5.32 Å². The third-order valence-corrected chi connectivity index (χ3v) is 3.75. The Balaban J connectivity index is 1.99. The number of amides is 1. The van der Waals surface area contributed by atoms with Gasteiger partial charge in [0.2, 0.25) is 0 Å². The SMILES string of the molecule is C[C@H](OC(=O)Cc1ccccc1)C(=O)Nc1cc(C(F)(F)F)ccc1Cl. The van der Waals surface area contributed by atoms with Gasteiger partial charge in [0, 0.05) is 0 Å². The molecule has 0 saturated carbocycles. The lowest BCUT2D eigenvalue weighted by molar-refractivity contribution is -0.152. The zero-order valence-electron chi connectivity index (χ0n) is 13.6.